The Morgan fingerprint density at radius 2 is 2.10 bits per heavy atom. The van der Waals surface area contributed by atoms with Crippen LogP contribution < -0.4 is 0 Å². The first-order chi connectivity index (χ1) is 4.63. The van der Waals surface area contributed by atoms with Gasteiger partial charge in [-0.05, 0) is 13.8 Å². The molecule has 3 nitrogen and oxygen atoms in total. The van der Waals surface area contributed by atoms with Gasteiger partial charge in [-0.1, -0.05) is 6.08 Å². The van der Waals surface area contributed by atoms with E-state index in [4.69, 9.17) is 5.11 Å². The third-order valence-electron chi connectivity index (χ3n) is 1.24. The normalized spacial score (nSPS) is 13.5. The second kappa shape index (κ2) is 3.82. The van der Waals surface area contributed by atoms with E-state index in [9.17, 15) is 4.79 Å². The summed E-state index contributed by atoms with van der Waals surface area (Å²) >= 11 is 0. The van der Waals surface area contributed by atoms with Crippen molar-refractivity contribution in [3.63, 3.8) is 0 Å². The highest BCUT2D eigenvalue weighted by atomic mass is 16.4. The zero-order valence-electron chi connectivity index (χ0n) is 6.38. The van der Waals surface area contributed by atoms with Crippen molar-refractivity contribution < 1.29 is 9.90 Å². The van der Waals surface area contributed by atoms with Crippen molar-refractivity contribution in [2.24, 2.45) is 4.99 Å². The molecule has 0 aliphatic heterocycles. The molecule has 0 aliphatic carbocycles. The molecule has 0 fully saturated rings. The summed E-state index contributed by atoms with van der Waals surface area (Å²) in [5.74, 6) is -0.925. The molecule has 0 aliphatic rings. The van der Waals surface area contributed by atoms with E-state index in [1.165, 1.54) is 6.08 Å². The fourth-order valence-electron chi connectivity index (χ4n) is 0.608. The van der Waals surface area contributed by atoms with Gasteiger partial charge in [0.05, 0.1) is 5.57 Å². The van der Waals surface area contributed by atoms with Gasteiger partial charge in [-0.25, -0.2) is 4.79 Å². The van der Waals surface area contributed by atoms with Crippen LogP contribution in [-0.2, 0) is 4.79 Å². The van der Waals surface area contributed by atoms with Gasteiger partial charge in [0.2, 0.25) is 0 Å². The van der Waals surface area contributed by atoms with E-state index in [1.807, 2.05) is 0 Å². The summed E-state index contributed by atoms with van der Waals surface area (Å²) in [6.45, 7) is 3.35. The lowest BCUT2D eigenvalue weighted by molar-refractivity contribution is -0.132. The number of carboxylic acid groups (broad SMARTS) is 1. The SMILES string of the molecule is C/C=C(/C(=O)O)C(C)=NC. The van der Waals surface area contributed by atoms with Crippen molar-refractivity contribution in [2.75, 3.05) is 7.05 Å². The number of carboxylic acids is 1. The first kappa shape index (κ1) is 8.88. The largest absolute Gasteiger partial charge is 0.478 e. The lowest BCUT2D eigenvalue weighted by atomic mass is 10.2. The van der Waals surface area contributed by atoms with E-state index in [0.29, 0.717) is 5.71 Å². The fraction of sp³-hybridized carbons (Fsp3) is 0.429. The summed E-state index contributed by atoms with van der Waals surface area (Å²) in [6.07, 6.45) is 1.53. The summed E-state index contributed by atoms with van der Waals surface area (Å²) < 4.78 is 0. The van der Waals surface area contributed by atoms with Gasteiger partial charge in [0.25, 0.3) is 0 Å². The fourth-order valence-corrected chi connectivity index (χ4v) is 0.608. The number of allylic oxidation sites excluding steroid dienone is 1. The molecular weight excluding hydrogens is 130 g/mol. The predicted octanol–water partition coefficient (Wildman–Crippen LogP) is 1.11. The molecular formula is C7H11NO2. The number of hydrogen-bond acceptors (Lipinski definition) is 2. The van der Waals surface area contributed by atoms with Crippen LogP contribution in [0.3, 0.4) is 0 Å². The van der Waals surface area contributed by atoms with Crippen LogP contribution in [0.5, 0.6) is 0 Å². The van der Waals surface area contributed by atoms with E-state index < -0.39 is 5.97 Å². The van der Waals surface area contributed by atoms with E-state index in [1.54, 1.807) is 20.9 Å². The predicted molar refractivity (Wildman–Crippen MR) is 40.4 cm³/mol. The highest BCUT2D eigenvalue weighted by Gasteiger charge is 2.07. The Kier molecular flexibility index (Phi) is 3.39. The smallest absolute Gasteiger partial charge is 0.337 e. The van der Waals surface area contributed by atoms with Gasteiger partial charge in [-0.2, -0.15) is 0 Å². The lowest BCUT2D eigenvalue weighted by Crippen LogP contribution is -2.08. The number of rotatable bonds is 2. The number of carbonyl (C=O) groups is 1. The molecule has 0 aromatic carbocycles. The van der Waals surface area contributed by atoms with Crippen LogP contribution in [0.2, 0.25) is 0 Å². The molecule has 0 unspecified atom stereocenters. The molecule has 10 heavy (non-hydrogen) atoms. The summed E-state index contributed by atoms with van der Waals surface area (Å²) in [7, 11) is 1.57. The monoisotopic (exact) mass is 141 g/mol. The van der Waals surface area contributed by atoms with Crippen LogP contribution in [0.1, 0.15) is 13.8 Å². The van der Waals surface area contributed by atoms with E-state index in [-0.39, 0.29) is 5.57 Å². The summed E-state index contributed by atoms with van der Waals surface area (Å²) in [5, 5.41) is 8.53. The van der Waals surface area contributed by atoms with Gasteiger partial charge in [-0.3, -0.25) is 4.99 Å². The molecule has 0 rings (SSSR count). The van der Waals surface area contributed by atoms with E-state index >= 15 is 0 Å². The van der Waals surface area contributed by atoms with Crippen LogP contribution >= 0.6 is 0 Å². The van der Waals surface area contributed by atoms with Gasteiger partial charge >= 0.3 is 5.97 Å². The van der Waals surface area contributed by atoms with Crippen molar-refractivity contribution in [1.82, 2.24) is 0 Å². The van der Waals surface area contributed by atoms with Crippen LogP contribution in [-0.4, -0.2) is 23.8 Å². The lowest BCUT2D eigenvalue weighted by Gasteiger charge is -1.97. The van der Waals surface area contributed by atoms with Crippen molar-refractivity contribution in [1.29, 1.82) is 0 Å². The van der Waals surface area contributed by atoms with Gasteiger partial charge in [0.15, 0.2) is 0 Å². The molecule has 56 valence electrons. The molecule has 0 spiro atoms. The van der Waals surface area contributed by atoms with Gasteiger partial charge in [0.1, 0.15) is 0 Å². The van der Waals surface area contributed by atoms with Crippen LogP contribution in [0.25, 0.3) is 0 Å². The summed E-state index contributed by atoms with van der Waals surface area (Å²) in [4.78, 5) is 14.1. The number of aliphatic imine (C=N–C) groups is 1. The molecule has 0 radical (unpaired) electrons. The highest BCUT2D eigenvalue weighted by Crippen LogP contribution is 1.97. The molecule has 0 amide bonds. The van der Waals surface area contributed by atoms with Gasteiger partial charge in [0, 0.05) is 12.8 Å². The number of hydrogen-bond donors (Lipinski definition) is 1. The second-order valence-electron chi connectivity index (χ2n) is 1.82. The summed E-state index contributed by atoms with van der Waals surface area (Å²) in [6, 6.07) is 0. The maximum Gasteiger partial charge on any atom is 0.337 e. The van der Waals surface area contributed by atoms with E-state index in [0.717, 1.165) is 0 Å². The van der Waals surface area contributed by atoms with Gasteiger partial charge in [-0.15, -0.1) is 0 Å². The maximum atomic E-state index is 10.4. The van der Waals surface area contributed by atoms with Crippen molar-refractivity contribution in [3.8, 4) is 0 Å². The maximum absolute atomic E-state index is 10.4. The van der Waals surface area contributed by atoms with Crippen LogP contribution in [0, 0.1) is 0 Å². The molecule has 3 heteroatoms. The average Bonchev–Trinajstić information content (AvgIpc) is 1.88. The van der Waals surface area contributed by atoms with Gasteiger partial charge < -0.3 is 5.11 Å². The molecule has 0 bridgehead atoms. The first-order valence-electron chi connectivity index (χ1n) is 2.96. The Balaban J connectivity index is 4.56. The molecule has 0 atom stereocenters. The second-order valence-corrected chi connectivity index (χ2v) is 1.82. The molecule has 0 saturated heterocycles. The molecule has 0 heterocycles. The first-order valence-corrected chi connectivity index (χ1v) is 2.96. The number of nitrogens with zero attached hydrogens (tertiary/aromatic N) is 1. The minimum Gasteiger partial charge on any atom is -0.478 e. The third kappa shape index (κ3) is 2.01. The van der Waals surface area contributed by atoms with Crippen molar-refractivity contribution in [2.45, 2.75) is 13.8 Å². The van der Waals surface area contributed by atoms with Crippen LogP contribution in [0.4, 0.5) is 0 Å². The Hall–Kier alpha value is -1.12. The Morgan fingerprint density at radius 1 is 1.60 bits per heavy atom. The highest BCUT2D eigenvalue weighted by molar-refractivity contribution is 6.18. The summed E-state index contributed by atoms with van der Waals surface area (Å²) in [5.41, 5.74) is 0.817. The average molecular weight is 141 g/mol. The molecule has 1 N–H and O–H groups in total. The van der Waals surface area contributed by atoms with Crippen molar-refractivity contribution >= 4 is 11.7 Å². The quantitative estimate of drug-likeness (QED) is 0.462. The Morgan fingerprint density at radius 3 is 2.20 bits per heavy atom. The Labute approximate surface area is 60.1 Å². The topological polar surface area (TPSA) is 49.7 Å². The molecule has 0 aromatic rings. The zero-order chi connectivity index (χ0) is 8.15. The van der Waals surface area contributed by atoms with Crippen molar-refractivity contribution in [3.05, 3.63) is 11.6 Å². The minimum absolute atomic E-state index is 0.266. The standard InChI is InChI=1S/C7H11NO2/c1-4-6(7(9)10)5(2)8-3/h4H,1-3H3,(H,9,10)/b6-4+,8-5?. The Bertz CT molecular complexity index is 192. The third-order valence-corrected chi connectivity index (χ3v) is 1.24. The number of aliphatic carboxylic acids is 1. The van der Waals surface area contributed by atoms with Crippen LogP contribution in [0.15, 0.2) is 16.6 Å². The van der Waals surface area contributed by atoms with E-state index in [2.05, 4.69) is 4.99 Å². The molecule has 0 aromatic heterocycles. The minimum atomic E-state index is -0.925. The molecule has 0 saturated carbocycles. The zero-order valence-corrected chi connectivity index (χ0v) is 6.38.